The Balaban J connectivity index is 1.63. The van der Waals surface area contributed by atoms with Crippen LogP contribution in [0.4, 0.5) is 14.9 Å². The highest BCUT2D eigenvalue weighted by Gasteiger charge is 2.30. The first kappa shape index (κ1) is 22.4. The summed E-state index contributed by atoms with van der Waals surface area (Å²) in [5, 5.41) is 0. The summed E-state index contributed by atoms with van der Waals surface area (Å²) in [5.41, 5.74) is 1.88. The summed E-state index contributed by atoms with van der Waals surface area (Å²) < 4.78 is 44.8. The van der Waals surface area contributed by atoms with Gasteiger partial charge in [0.15, 0.2) is 0 Å². The molecule has 4 rings (SSSR count). The van der Waals surface area contributed by atoms with Gasteiger partial charge in [0.2, 0.25) is 0 Å². The van der Waals surface area contributed by atoms with Gasteiger partial charge in [0.25, 0.3) is 0 Å². The number of benzene rings is 2. The zero-order valence-corrected chi connectivity index (χ0v) is 18.4. The van der Waals surface area contributed by atoms with Gasteiger partial charge in [-0.3, -0.25) is 14.0 Å². The van der Waals surface area contributed by atoms with Crippen LogP contribution in [0.3, 0.4) is 0 Å². The molecule has 2 aliphatic rings. The zero-order valence-electron chi connectivity index (χ0n) is 17.6. The molecule has 0 aliphatic carbocycles. The quantitative estimate of drug-likeness (QED) is 0.669. The second-order valence-electron chi connectivity index (χ2n) is 7.75. The number of hydrogen-bond acceptors (Lipinski definition) is 6. The first-order valence-electron chi connectivity index (χ1n) is 10.2. The Labute approximate surface area is 186 Å². The van der Waals surface area contributed by atoms with Gasteiger partial charge in [-0.05, 0) is 35.9 Å². The third-order valence-corrected chi connectivity index (χ3v) is 7.34. The predicted octanol–water partition coefficient (Wildman–Crippen LogP) is 3.74. The van der Waals surface area contributed by atoms with E-state index < -0.39 is 22.4 Å². The average Bonchev–Trinajstić information content (AvgIpc) is 3.25. The van der Waals surface area contributed by atoms with Crippen molar-refractivity contribution >= 4 is 28.3 Å². The van der Waals surface area contributed by atoms with Crippen molar-refractivity contribution in [3.05, 3.63) is 58.9 Å². The number of anilines is 1. The molecule has 172 valence electrons. The number of hydrogen-bond donors (Lipinski definition) is 2. The van der Waals surface area contributed by atoms with E-state index in [0.29, 0.717) is 12.3 Å². The molecule has 2 heterocycles. The molecule has 0 atom stereocenters. The summed E-state index contributed by atoms with van der Waals surface area (Å²) in [6.07, 6.45) is 0.720. The van der Waals surface area contributed by atoms with Crippen LogP contribution < -0.4 is 9.64 Å². The van der Waals surface area contributed by atoms with Crippen LogP contribution in [0.25, 0.3) is 0 Å². The molecule has 0 saturated carbocycles. The number of rotatable bonds is 4. The van der Waals surface area contributed by atoms with Crippen LogP contribution in [-0.4, -0.2) is 64.3 Å². The number of ether oxygens (including phenoxy) is 2. The Kier molecular flexibility index (Phi) is 6.27. The molecule has 2 aromatic rings. The Bertz CT molecular complexity index is 1040. The van der Waals surface area contributed by atoms with Crippen molar-refractivity contribution in [3.63, 3.8) is 0 Å². The summed E-state index contributed by atoms with van der Waals surface area (Å²) in [7, 11) is -1.44. The molecular weight excluding hydrogens is 439 g/mol. The number of esters is 1. The molecule has 1 fully saturated rings. The lowest BCUT2D eigenvalue weighted by molar-refractivity contribution is 0.0600. The van der Waals surface area contributed by atoms with Crippen molar-refractivity contribution < 1.29 is 32.6 Å². The van der Waals surface area contributed by atoms with E-state index in [0.717, 1.165) is 23.8 Å². The van der Waals surface area contributed by atoms with Crippen molar-refractivity contribution in [1.82, 2.24) is 4.90 Å². The van der Waals surface area contributed by atoms with Gasteiger partial charge in [0, 0.05) is 30.8 Å². The fourth-order valence-electron chi connectivity index (χ4n) is 3.79. The van der Waals surface area contributed by atoms with Crippen molar-refractivity contribution in [3.8, 4) is 5.75 Å². The molecule has 0 aromatic heterocycles. The normalized spacial score (nSPS) is 17.8. The van der Waals surface area contributed by atoms with Crippen LogP contribution in [-0.2, 0) is 17.7 Å². The molecular formula is C22H25FN2O6S. The minimum absolute atomic E-state index is 0.0570. The van der Waals surface area contributed by atoms with E-state index in [1.807, 2.05) is 6.07 Å². The van der Waals surface area contributed by atoms with Crippen LogP contribution in [0.2, 0.25) is 0 Å². The predicted molar refractivity (Wildman–Crippen MR) is 119 cm³/mol. The lowest BCUT2D eigenvalue weighted by Gasteiger charge is -2.42. The Morgan fingerprint density at radius 3 is 2.62 bits per heavy atom. The van der Waals surface area contributed by atoms with Crippen molar-refractivity contribution in [2.45, 2.75) is 13.0 Å². The number of nitrogens with zero attached hydrogens (tertiary/aromatic N) is 2. The largest absolute Gasteiger partial charge is 0.493 e. The molecule has 2 aliphatic heterocycles. The summed E-state index contributed by atoms with van der Waals surface area (Å²) in [6.45, 7) is 0.920. The van der Waals surface area contributed by atoms with Crippen LogP contribution in [0.5, 0.6) is 5.75 Å². The maximum Gasteiger partial charge on any atom is 0.337 e. The maximum atomic E-state index is 14.8. The fourth-order valence-corrected chi connectivity index (χ4v) is 5.02. The minimum Gasteiger partial charge on any atom is -0.493 e. The molecule has 8 nitrogen and oxygen atoms in total. The van der Waals surface area contributed by atoms with E-state index in [1.54, 1.807) is 17.0 Å². The van der Waals surface area contributed by atoms with Gasteiger partial charge in [-0.1, -0.05) is 6.07 Å². The topological polar surface area (TPSA) is 99.5 Å². The van der Waals surface area contributed by atoms with Gasteiger partial charge in [0.05, 0.1) is 37.3 Å². The van der Waals surface area contributed by atoms with Crippen molar-refractivity contribution in [2.75, 3.05) is 43.2 Å². The second-order valence-corrected chi connectivity index (χ2v) is 10.2. The number of methoxy groups -OCH3 is 1. The molecule has 0 spiro atoms. The monoisotopic (exact) mass is 464 g/mol. The molecule has 2 N–H and O–H groups in total. The fraction of sp³-hybridized carbons (Fsp3) is 0.364. The second kappa shape index (κ2) is 8.97. The van der Waals surface area contributed by atoms with Gasteiger partial charge in [0.1, 0.15) is 11.6 Å². The molecule has 1 saturated heterocycles. The van der Waals surface area contributed by atoms with Gasteiger partial charge >= 0.3 is 12.0 Å². The van der Waals surface area contributed by atoms with Crippen LogP contribution >= 0.6 is 10.6 Å². The number of amides is 2. The molecule has 32 heavy (non-hydrogen) atoms. The van der Waals surface area contributed by atoms with Crippen LogP contribution in [0.1, 0.15) is 21.5 Å². The molecule has 2 amide bonds. The average molecular weight is 465 g/mol. The van der Waals surface area contributed by atoms with E-state index in [4.69, 9.17) is 4.74 Å². The lowest BCUT2D eigenvalue weighted by atomic mass is 10.1. The number of urea groups is 1. The summed E-state index contributed by atoms with van der Waals surface area (Å²) in [6, 6.07) is 9.07. The smallest absolute Gasteiger partial charge is 0.337 e. The van der Waals surface area contributed by atoms with E-state index >= 15 is 0 Å². The first-order chi connectivity index (χ1) is 15.3. The van der Waals surface area contributed by atoms with Crippen LogP contribution in [0, 0.1) is 5.82 Å². The Morgan fingerprint density at radius 2 is 1.94 bits per heavy atom. The molecule has 0 unspecified atom stereocenters. The Morgan fingerprint density at radius 1 is 1.19 bits per heavy atom. The highest BCUT2D eigenvalue weighted by Crippen LogP contribution is 2.40. The third-order valence-electron chi connectivity index (χ3n) is 5.66. The van der Waals surface area contributed by atoms with Crippen molar-refractivity contribution in [1.29, 1.82) is 0 Å². The Hall–Kier alpha value is -2.82. The van der Waals surface area contributed by atoms with Gasteiger partial charge < -0.3 is 14.4 Å². The van der Waals surface area contributed by atoms with E-state index in [1.165, 1.54) is 24.1 Å². The number of carbonyl (C=O) groups is 2. The number of carbonyl (C=O) groups excluding carboxylic acids is 2. The number of halogens is 1. The maximum absolute atomic E-state index is 14.8. The van der Waals surface area contributed by atoms with Gasteiger partial charge in [-0.15, -0.1) is 0 Å². The minimum atomic E-state index is -2.66. The number of fused-ring (bicyclic) bond motifs is 1. The van der Waals surface area contributed by atoms with Gasteiger partial charge in [-0.25, -0.2) is 14.0 Å². The third kappa shape index (κ3) is 4.67. The highest BCUT2D eigenvalue weighted by molar-refractivity contribution is 8.24. The van der Waals surface area contributed by atoms with E-state index in [2.05, 4.69) is 4.74 Å². The molecule has 10 heteroatoms. The molecule has 2 aromatic carbocycles. The van der Waals surface area contributed by atoms with Crippen molar-refractivity contribution in [2.24, 2.45) is 0 Å². The molecule has 0 bridgehead atoms. The standard InChI is InChI=1S/C22H25FN2O6S/c1-30-21(26)16-2-3-17(19(23)13-16)14-25(18-4-5-20-15(12-18)6-9-31-20)22(27)24-7-10-32(28,29)11-8-24/h2-5,12-13,28-29H,6-11,14H2,1H3. The lowest BCUT2D eigenvalue weighted by Crippen LogP contribution is -2.48. The summed E-state index contributed by atoms with van der Waals surface area (Å²) in [5.74, 6) is -0.265. The van der Waals surface area contributed by atoms with E-state index in [-0.39, 0.29) is 48.3 Å². The summed E-state index contributed by atoms with van der Waals surface area (Å²) >= 11 is 0. The van der Waals surface area contributed by atoms with E-state index in [9.17, 15) is 23.1 Å². The molecule has 0 radical (unpaired) electrons. The van der Waals surface area contributed by atoms with Crippen LogP contribution in [0.15, 0.2) is 36.4 Å². The highest BCUT2D eigenvalue weighted by atomic mass is 32.3. The summed E-state index contributed by atoms with van der Waals surface area (Å²) in [4.78, 5) is 28.1. The zero-order chi connectivity index (χ0) is 22.9. The first-order valence-corrected chi connectivity index (χ1v) is 12.1. The SMILES string of the molecule is COC(=O)c1ccc(CN(C(=O)N2CCS(O)(O)CC2)c2ccc3c(c2)CCO3)c(F)c1. The van der Waals surface area contributed by atoms with Gasteiger partial charge in [-0.2, -0.15) is 10.6 Å².